The van der Waals surface area contributed by atoms with E-state index in [2.05, 4.69) is 54.1 Å². The van der Waals surface area contributed by atoms with Gasteiger partial charge in [0.1, 0.15) is 6.73 Å². The zero-order chi connectivity index (χ0) is 25.5. The van der Waals surface area contributed by atoms with Crippen molar-refractivity contribution in [2.24, 2.45) is 5.73 Å². The fourth-order valence-electron chi connectivity index (χ4n) is 2.84. The first-order valence-corrected chi connectivity index (χ1v) is 18.3. The number of carbonyl (C=O) groups excluding carboxylic acids is 1. The van der Waals surface area contributed by atoms with E-state index in [1.165, 1.54) is 35.8 Å². The van der Waals surface area contributed by atoms with E-state index in [1.54, 1.807) is 12.1 Å². The number of nitrogens with zero attached hydrogens (tertiary/aromatic N) is 1. The van der Waals surface area contributed by atoms with Crippen LogP contribution in [-0.2, 0) is 24.3 Å². The lowest BCUT2D eigenvalue weighted by molar-refractivity contribution is -0.119. The summed E-state index contributed by atoms with van der Waals surface area (Å²) in [5.74, 6) is 5.28. The van der Waals surface area contributed by atoms with E-state index in [0.717, 1.165) is 23.4 Å². The van der Waals surface area contributed by atoms with Crippen molar-refractivity contribution in [2.75, 3.05) is 37.5 Å². The van der Waals surface area contributed by atoms with Gasteiger partial charge in [-0.25, -0.2) is 8.42 Å². The van der Waals surface area contributed by atoms with E-state index in [-0.39, 0.29) is 11.6 Å². The number of nitrogens with two attached hydrogens (primary N) is 1. The smallest absolute Gasteiger partial charge is 0.245 e. The van der Waals surface area contributed by atoms with E-state index in [4.69, 9.17) is 15.2 Å². The third-order valence-electron chi connectivity index (χ3n) is 4.81. The maximum atomic E-state index is 13.1. The molecule has 0 heterocycles. The summed E-state index contributed by atoms with van der Waals surface area (Å²) in [4.78, 5) is 11.5. The molecule has 0 aliphatic carbocycles. The second-order valence-electron chi connectivity index (χ2n) is 9.22. The van der Waals surface area contributed by atoms with Crippen LogP contribution < -0.4 is 5.73 Å². The van der Waals surface area contributed by atoms with Gasteiger partial charge in [0, 0.05) is 33.3 Å². The first kappa shape index (κ1) is 31.1. The van der Waals surface area contributed by atoms with Gasteiger partial charge in [-0.15, -0.1) is 0 Å². The maximum Gasteiger partial charge on any atom is 0.245 e. The number of ether oxygens (including phenoxy) is 2. The molecule has 1 aromatic carbocycles. The zero-order valence-electron chi connectivity index (χ0n) is 20.6. The molecule has 0 radical (unpaired) electrons. The highest BCUT2D eigenvalue weighted by atomic mass is 127. The second-order valence-corrected chi connectivity index (χ2v) is 17.9. The lowest BCUT2D eigenvalue weighted by Gasteiger charge is -2.22. The third-order valence-corrected chi connectivity index (χ3v) is 9.04. The summed E-state index contributed by atoms with van der Waals surface area (Å²) in [6.45, 7) is 7.70. The molecule has 0 atom stereocenters. The summed E-state index contributed by atoms with van der Waals surface area (Å²) in [6, 6.07) is 7.27. The van der Waals surface area contributed by atoms with Crippen LogP contribution in [0, 0.1) is 11.8 Å². The topological polar surface area (TPSA) is 98.9 Å². The summed E-state index contributed by atoms with van der Waals surface area (Å²) in [5.41, 5.74) is 5.87. The van der Waals surface area contributed by atoms with Crippen molar-refractivity contribution in [3.05, 3.63) is 29.8 Å². The van der Waals surface area contributed by atoms with Gasteiger partial charge in [0.2, 0.25) is 15.9 Å². The molecule has 0 bridgehead atoms. The van der Waals surface area contributed by atoms with Crippen LogP contribution >= 0.6 is 22.6 Å². The Labute approximate surface area is 220 Å². The average molecular weight is 623 g/mol. The van der Waals surface area contributed by atoms with Gasteiger partial charge in [-0.2, -0.15) is 4.31 Å². The predicted octanol–water partition coefficient (Wildman–Crippen LogP) is 4.23. The lowest BCUT2D eigenvalue weighted by Crippen LogP contribution is -2.40. The highest BCUT2D eigenvalue weighted by Gasteiger charge is 2.26. The number of hydrogen-bond acceptors (Lipinski definition) is 5. The summed E-state index contributed by atoms with van der Waals surface area (Å²) in [7, 11) is -5.28. The minimum atomic E-state index is -3.96. The molecule has 1 amide bonds. The molecule has 7 nitrogen and oxygen atoms in total. The van der Waals surface area contributed by atoms with Gasteiger partial charge in [0.05, 0.1) is 18.0 Å². The van der Waals surface area contributed by atoms with Gasteiger partial charge in [-0.05, 0) is 41.5 Å². The highest BCUT2D eigenvalue weighted by molar-refractivity contribution is 14.1. The molecular weight excluding hydrogens is 583 g/mol. The number of unbranched alkanes of at least 4 members (excludes halogenated alkanes) is 3. The van der Waals surface area contributed by atoms with E-state index in [1.807, 2.05) is 0 Å². The molecule has 0 fully saturated rings. The highest BCUT2D eigenvalue weighted by Crippen LogP contribution is 2.17. The SMILES string of the molecule is C[Si](C)(C)CCOCN(CC(N)=O)S(=O)(=O)c1cccc(C#CCCOCCCCCCI)c1. The normalized spacial score (nSPS) is 11.9. The Morgan fingerprint density at radius 2 is 1.82 bits per heavy atom. The van der Waals surface area contributed by atoms with Crippen LogP contribution in [0.4, 0.5) is 0 Å². The number of carbonyl (C=O) groups is 1. The molecule has 0 unspecified atom stereocenters. The molecule has 34 heavy (non-hydrogen) atoms. The van der Waals surface area contributed by atoms with Gasteiger partial charge in [-0.1, -0.05) is 73.0 Å². The molecular formula is C24H39IN2O5SSi. The van der Waals surface area contributed by atoms with Crippen LogP contribution in [0.15, 0.2) is 29.2 Å². The first-order chi connectivity index (χ1) is 16.1. The molecule has 0 aliphatic heterocycles. The number of sulfonamides is 1. The first-order valence-electron chi connectivity index (χ1n) is 11.6. The summed E-state index contributed by atoms with van der Waals surface area (Å²) in [5, 5.41) is 0. The molecule has 0 saturated carbocycles. The third kappa shape index (κ3) is 13.8. The molecule has 0 aliphatic rings. The van der Waals surface area contributed by atoms with Crippen molar-refractivity contribution in [3.8, 4) is 11.8 Å². The molecule has 192 valence electrons. The molecule has 10 heteroatoms. The number of halogens is 1. The fraction of sp³-hybridized carbons (Fsp3) is 0.625. The van der Waals surface area contributed by atoms with Crippen LogP contribution in [0.3, 0.4) is 0 Å². The van der Waals surface area contributed by atoms with Crippen molar-refractivity contribution >= 4 is 46.6 Å². The van der Waals surface area contributed by atoms with E-state index >= 15 is 0 Å². The number of amides is 1. The van der Waals surface area contributed by atoms with Crippen molar-refractivity contribution in [1.29, 1.82) is 0 Å². The largest absolute Gasteiger partial charge is 0.380 e. The van der Waals surface area contributed by atoms with Gasteiger partial charge in [0.15, 0.2) is 0 Å². The standard InChI is InChI=1S/C24H39IN2O5SSi/c1-34(2,3)18-17-32-21-27(20-24(26)28)33(29,30)23-13-10-12-22(19-23)11-6-9-16-31-15-8-5-4-7-14-25/h10,12-13,19H,4-5,7-9,14-18,20-21H2,1-3H3,(H2,26,28). The van der Waals surface area contributed by atoms with Crippen molar-refractivity contribution in [1.82, 2.24) is 4.31 Å². The number of rotatable bonds is 17. The zero-order valence-corrected chi connectivity index (χ0v) is 24.6. The van der Waals surface area contributed by atoms with Crippen LogP contribution in [0.5, 0.6) is 0 Å². The number of hydrogen-bond donors (Lipinski definition) is 1. The Balaban J connectivity index is 2.68. The Bertz CT molecular complexity index is 910. The van der Waals surface area contributed by atoms with Crippen molar-refractivity contribution in [2.45, 2.75) is 62.7 Å². The van der Waals surface area contributed by atoms with Crippen LogP contribution in [0.25, 0.3) is 0 Å². The molecule has 1 rings (SSSR count). The predicted molar refractivity (Wildman–Crippen MR) is 148 cm³/mol. The van der Waals surface area contributed by atoms with Crippen LogP contribution in [0.2, 0.25) is 25.7 Å². The number of benzene rings is 1. The molecule has 0 spiro atoms. The number of primary amides is 1. The molecule has 0 saturated heterocycles. The van der Waals surface area contributed by atoms with Gasteiger partial charge >= 0.3 is 0 Å². The van der Waals surface area contributed by atoms with Crippen molar-refractivity contribution in [3.63, 3.8) is 0 Å². The molecule has 0 aromatic heterocycles. The summed E-state index contributed by atoms with van der Waals surface area (Å²) in [6.07, 6.45) is 5.32. The van der Waals surface area contributed by atoms with Gasteiger partial charge in [0.25, 0.3) is 0 Å². The monoisotopic (exact) mass is 622 g/mol. The van der Waals surface area contributed by atoms with E-state index in [0.29, 0.717) is 25.2 Å². The molecule has 1 aromatic rings. The quantitative estimate of drug-likeness (QED) is 0.0701. The fourth-order valence-corrected chi connectivity index (χ4v) is 5.48. The van der Waals surface area contributed by atoms with Gasteiger partial charge in [-0.3, -0.25) is 4.79 Å². The van der Waals surface area contributed by atoms with E-state index in [9.17, 15) is 13.2 Å². The van der Waals surface area contributed by atoms with Crippen LogP contribution in [0.1, 0.15) is 37.7 Å². The van der Waals surface area contributed by atoms with Crippen LogP contribution in [-0.4, -0.2) is 64.2 Å². The lowest BCUT2D eigenvalue weighted by atomic mass is 10.2. The Morgan fingerprint density at radius 1 is 1.09 bits per heavy atom. The molecule has 2 N–H and O–H groups in total. The van der Waals surface area contributed by atoms with E-state index < -0.39 is 30.5 Å². The summed E-state index contributed by atoms with van der Waals surface area (Å²) >= 11 is 2.39. The Kier molecular flexibility index (Phi) is 15.2. The minimum Gasteiger partial charge on any atom is -0.380 e. The Hall–Kier alpha value is -0.973. The second kappa shape index (κ2) is 16.7. The Morgan fingerprint density at radius 3 is 2.50 bits per heavy atom. The van der Waals surface area contributed by atoms with Gasteiger partial charge < -0.3 is 15.2 Å². The maximum absolute atomic E-state index is 13.1. The minimum absolute atomic E-state index is 0.0529. The summed E-state index contributed by atoms with van der Waals surface area (Å²) < 4.78 is 39.6. The van der Waals surface area contributed by atoms with Crippen molar-refractivity contribution < 1.29 is 22.7 Å². The average Bonchev–Trinajstić information content (AvgIpc) is 2.76. The number of alkyl halides is 1.